The van der Waals surface area contributed by atoms with E-state index in [0.29, 0.717) is 28.5 Å². The lowest BCUT2D eigenvalue weighted by atomic mass is 9.71. The van der Waals surface area contributed by atoms with Crippen LogP contribution in [0.25, 0.3) is 27.8 Å². The number of hydrogen-bond donors (Lipinski definition) is 0. The molecule has 4 heteroatoms. The standard InChI is InChI=1S/C34H34F4/c1-3-4-22-6-8-23(9-7-22)24-10-12-25(13-11-24)29-19-20-30(34(38)33(29)37)27-16-14-26(15-17-27)28-18-5-21(2)31(35)32(28)36/h3-5,12,14-20,22-24H,6-11,13H2,1-2H3/b4-3+. The van der Waals surface area contributed by atoms with Crippen molar-refractivity contribution in [2.75, 3.05) is 0 Å². The molecule has 3 aromatic carbocycles. The third-order valence-corrected chi connectivity index (χ3v) is 8.61. The van der Waals surface area contributed by atoms with Gasteiger partial charge in [-0.3, -0.25) is 0 Å². The van der Waals surface area contributed by atoms with Crippen molar-refractivity contribution in [1.29, 1.82) is 0 Å². The largest absolute Gasteiger partial charge is 0.203 e. The SMILES string of the molecule is C/C=C/C1CCC(C2CC=C(c3ccc(-c4ccc(-c5ccc(C)c(F)c5F)cc4)c(F)c3F)CC2)CC1. The zero-order chi connectivity index (χ0) is 26.8. The van der Waals surface area contributed by atoms with Gasteiger partial charge < -0.3 is 0 Å². The predicted octanol–water partition coefficient (Wildman–Crippen LogP) is 10.5. The van der Waals surface area contributed by atoms with E-state index in [0.717, 1.165) is 30.8 Å². The molecular formula is C34H34F4. The number of rotatable bonds is 5. The maximum absolute atomic E-state index is 15.3. The molecule has 2 aliphatic carbocycles. The molecule has 198 valence electrons. The van der Waals surface area contributed by atoms with Gasteiger partial charge in [-0.05, 0) is 98.8 Å². The molecule has 2 aliphatic rings. The van der Waals surface area contributed by atoms with Gasteiger partial charge in [-0.2, -0.15) is 0 Å². The lowest BCUT2D eigenvalue weighted by molar-refractivity contribution is 0.212. The Bertz CT molecular complexity index is 1360. The number of aryl methyl sites for hydroxylation is 1. The molecule has 0 aromatic heterocycles. The average Bonchev–Trinajstić information content (AvgIpc) is 2.94. The summed E-state index contributed by atoms with van der Waals surface area (Å²) < 4.78 is 58.9. The Balaban J connectivity index is 1.31. The van der Waals surface area contributed by atoms with Crippen LogP contribution in [0, 0.1) is 47.9 Å². The smallest absolute Gasteiger partial charge is 0.167 e. The Labute approximate surface area is 223 Å². The number of halogens is 4. The van der Waals surface area contributed by atoms with E-state index in [1.165, 1.54) is 44.7 Å². The summed E-state index contributed by atoms with van der Waals surface area (Å²) in [6, 6.07) is 12.8. The van der Waals surface area contributed by atoms with Gasteiger partial charge in [0.2, 0.25) is 0 Å². The fourth-order valence-electron chi connectivity index (χ4n) is 6.33. The first-order chi connectivity index (χ1) is 18.4. The van der Waals surface area contributed by atoms with Crippen LogP contribution in [-0.4, -0.2) is 0 Å². The summed E-state index contributed by atoms with van der Waals surface area (Å²) in [5, 5.41) is 0. The van der Waals surface area contributed by atoms with Gasteiger partial charge in [-0.1, -0.05) is 66.8 Å². The van der Waals surface area contributed by atoms with Crippen molar-refractivity contribution in [2.24, 2.45) is 17.8 Å². The minimum atomic E-state index is -0.913. The summed E-state index contributed by atoms with van der Waals surface area (Å²) in [6.07, 6.45) is 14.3. The Hall–Kier alpha value is -3.14. The molecule has 0 N–H and O–H groups in total. The summed E-state index contributed by atoms with van der Waals surface area (Å²) in [6.45, 7) is 3.59. The predicted molar refractivity (Wildman–Crippen MR) is 147 cm³/mol. The Morgan fingerprint density at radius 3 is 1.76 bits per heavy atom. The van der Waals surface area contributed by atoms with Gasteiger partial charge in [0.25, 0.3) is 0 Å². The van der Waals surface area contributed by atoms with Gasteiger partial charge in [0.05, 0.1) is 0 Å². The maximum atomic E-state index is 15.3. The number of benzene rings is 3. The zero-order valence-corrected chi connectivity index (χ0v) is 22.0. The third-order valence-electron chi connectivity index (χ3n) is 8.61. The average molecular weight is 519 g/mol. The van der Waals surface area contributed by atoms with E-state index in [-0.39, 0.29) is 16.7 Å². The van der Waals surface area contributed by atoms with Gasteiger partial charge in [0.15, 0.2) is 23.3 Å². The topological polar surface area (TPSA) is 0 Å². The lowest BCUT2D eigenvalue weighted by Crippen LogP contribution is -2.22. The molecule has 38 heavy (non-hydrogen) atoms. The van der Waals surface area contributed by atoms with Crippen LogP contribution in [0.2, 0.25) is 0 Å². The van der Waals surface area contributed by atoms with Crippen molar-refractivity contribution < 1.29 is 17.6 Å². The fourth-order valence-corrected chi connectivity index (χ4v) is 6.33. The molecular weight excluding hydrogens is 484 g/mol. The molecule has 1 unspecified atom stereocenters. The lowest BCUT2D eigenvalue weighted by Gasteiger charge is -2.35. The van der Waals surface area contributed by atoms with Gasteiger partial charge in [0.1, 0.15) is 0 Å². The first-order valence-electron chi connectivity index (χ1n) is 13.7. The van der Waals surface area contributed by atoms with Gasteiger partial charge >= 0.3 is 0 Å². The van der Waals surface area contributed by atoms with Crippen molar-refractivity contribution >= 4 is 5.57 Å². The molecule has 1 fully saturated rings. The van der Waals surface area contributed by atoms with Gasteiger partial charge in [-0.15, -0.1) is 0 Å². The van der Waals surface area contributed by atoms with Crippen molar-refractivity contribution in [3.63, 3.8) is 0 Å². The van der Waals surface area contributed by atoms with E-state index in [1.807, 2.05) is 0 Å². The molecule has 0 amide bonds. The van der Waals surface area contributed by atoms with Crippen molar-refractivity contribution in [1.82, 2.24) is 0 Å². The minimum absolute atomic E-state index is 0.134. The van der Waals surface area contributed by atoms with E-state index in [1.54, 1.807) is 36.4 Å². The van der Waals surface area contributed by atoms with E-state index < -0.39 is 23.3 Å². The molecule has 0 bridgehead atoms. The van der Waals surface area contributed by atoms with Crippen LogP contribution >= 0.6 is 0 Å². The summed E-state index contributed by atoms with van der Waals surface area (Å²) in [7, 11) is 0. The van der Waals surface area contributed by atoms with Crippen molar-refractivity contribution in [3.05, 3.63) is 101 Å². The van der Waals surface area contributed by atoms with Crippen LogP contribution in [-0.2, 0) is 0 Å². The van der Waals surface area contributed by atoms with Crippen LogP contribution in [0.5, 0.6) is 0 Å². The van der Waals surface area contributed by atoms with Crippen LogP contribution < -0.4 is 0 Å². The molecule has 3 aromatic rings. The van der Waals surface area contributed by atoms with Gasteiger partial charge in [0, 0.05) is 16.7 Å². The Morgan fingerprint density at radius 1 is 0.632 bits per heavy atom. The van der Waals surface area contributed by atoms with Gasteiger partial charge in [-0.25, -0.2) is 17.6 Å². The molecule has 1 saturated carbocycles. The van der Waals surface area contributed by atoms with E-state index in [4.69, 9.17) is 0 Å². The highest BCUT2D eigenvalue weighted by atomic mass is 19.2. The van der Waals surface area contributed by atoms with Crippen molar-refractivity contribution in [2.45, 2.75) is 58.8 Å². The monoisotopic (exact) mass is 518 g/mol. The highest BCUT2D eigenvalue weighted by molar-refractivity contribution is 5.74. The molecule has 0 radical (unpaired) electrons. The van der Waals surface area contributed by atoms with Crippen LogP contribution in [0.15, 0.2) is 66.8 Å². The maximum Gasteiger partial charge on any atom is 0.167 e. The second-order valence-corrected chi connectivity index (χ2v) is 10.9. The summed E-state index contributed by atoms with van der Waals surface area (Å²) >= 11 is 0. The van der Waals surface area contributed by atoms with Crippen molar-refractivity contribution in [3.8, 4) is 22.3 Å². The number of allylic oxidation sites excluding steroid dienone is 4. The van der Waals surface area contributed by atoms with Crippen LogP contribution in [0.3, 0.4) is 0 Å². The van der Waals surface area contributed by atoms with Crippen LogP contribution in [0.1, 0.15) is 63.0 Å². The normalized spacial score (nSPS) is 22.1. The molecule has 0 saturated heterocycles. The summed E-state index contributed by atoms with van der Waals surface area (Å²) in [5.74, 6) is -1.43. The minimum Gasteiger partial charge on any atom is -0.203 e. The molecule has 0 aliphatic heterocycles. The second kappa shape index (κ2) is 11.3. The molecule has 5 rings (SSSR count). The van der Waals surface area contributed by atoms with E-state index in [2.05, 4.69) is 25.2 Å². The first kappa shape index (κ1) is 26.5. The second-order valence-electron chi connectivity index (χ2n) is 10.9. The summed E-state index contributed by atoms with van der Waals surface area (Å²) in [5.41, 5.74) is 2.71. The first-order valence-corrected chi connectivity index (χ1v) is 13.7. The Morgan fingerprint density at radius 2 is 1.18 bits per heavy atom. The number of hydrogen-bond acceptors (Lipinski definition) is 0. The molecule has 0 nitrogen and oxygen atoms in total. The fraction of sp³-hybridized carbons (Fsp3) is 0.353. The Kier molecular flexibility index (Phi) is 7.88. The molecule has 0 heterocycles. The highest BCUT2D eigenvalue weighted by Crippen LogP contribution is 2.42. The molecule has 1 atom stereocenters. The van der Waals surface area contributed by atoms with E-state index >= 15 is 8.78 Å². The van der Waals surface area contributed by atoms with E-state index in [9.17, 15) is 8.78 Å². The third kappa shape index (κ3) is 5.23. The highest BCUT2D eigenvalue weighted by Gasteiger charge is 2.29. The van der Waals surface area contributed by atoms with Crippen LogP contribution in [0.4, 0.5) is 17.6 Å². The zero-order valence-electron chi connectivity index (χ0n) is 22.0. The quantitative estimate of drug-likeness (QED) is 0.233. The molecule has 0 spiro atoms. The summed E-state index contributed by atoms with van der Waals surface area (Å²) in [4.78, 5) is 0.